The highest BCUT2D eigenvalue weighted by Gasteiger charge is 2.33. The molecule has 3 rings (SSSR count). The molecule has 1 aliphatic rings. The van der Waals surface area contributed by atoms with Crippen molar-refractivity contribution >= 4 is 22.8 Å². The number of furan rings is 1. The van der Waals surface area contributed by atoms with Crippen LogP contribution in [0.2, 0.25) is 0 Å². The molecular weight excluding hydrogens is 318 g/mol. The molecule has 1 aromatic heterocycles. The highest BCUT2D eigenvalue weighted by molar-refractivity contribution is 5.84. The fraction of sp³-hybridized carbons (Fsp3) is 0.474. The molecule has 1 saturated heterocycles. The highest BCUT2D eigenvalue weighted by atomic mass is 16.3. The van der Waals surface area contributed by atoms with Crippen LogP contribution in [0.1, 0.15) is 31.6 Å². The van der Waals surface area contributed by atoms with Crippen LogP contribution in [-0.4, -0.2) is 54.8 Å². The van der Waals surface area contributed by atoms with Crippen LogP contribution < -0.4 is 5.32 Å². The fourth-order valence-electron chi connectivity index (χ4n) is 3.35. The number of rotatable bonds is 5. The van der Waals surface area contributed by atoms with Gasteiger partial charge < -0.3 is 14.6 Å². The maximum Gasteiger partial charge on any atom is 0.239 e. The topological polar surface area (TPSA) is 65.8 Å². The number of fused-ring (bicyclic) bond motifs is 1. The Balaban J connectivity index is 1.60. The summed E-state index contributed by atoms with van der Waals surface area (Å²) < 4.78 is 5.80. The highest BCUT2D eigenvalue weighted by Crippen LogP contribution is 2.24. The van der Waals surface area contributed by atoms with Crippen molar-refractivity contribution in [2.45, 2.75) is 31.8 Å². The lowest BCUT2D eigenvalue weighted by Crippen LogP contribution is -2.46. The van der Waals surface area contributed by atoms with Crippen LogP contribution in [0.15, 0.2) is 34.7 Å². The zero-order valence-corrected chi connectivity index (χ0v) is 15.0. The molecule has 2 aromatic rings. The molecule has 0 aliphatic carbocycles. The van der Waals surface area contributed by atoms with E-state index in [9.17, 15) is 9.59 Å². The van der Waals surface area contributed by atoms with Gasteiger partial charge in [-0.25, -0.2) is 0 Å². The molecule has 2 heterocycles. The first-order valence-corrected chi connectivity index (χ1v) is 8.69. The average Bonchev–Trinajstić information content (AvgIpc) is 3.20. The Hall–Kier alpha value is -2.34. The van der Waals surface area contributed by atoms with Gasteiger partial charge in [0.15, 0.2) is 0 Å². The predicted octanol–water partition coefficient (Wildman–Crippen LogP) is 2.16. The molecule has 6 heteroatoms. The number of nitrogens with zero attached hydrogens (tertiary/aromatic N) is 2. The predicted molar refractivity (Wildman–Crippen MR) is 96.1 cm³/mol. The first-order chi connectivity index (χ1) is 12.0. The molecule has 1 N–H and O–H groups in total. The van der Waals surface area contributed by atoms with Crippen LogP contribution in [0.5, 0.6) is 0 Å². The van der Waals surface area contributed by atoms with Gasteiger partial charge in [0.25, 0.3) is 0 Å². The molecule has 0 radical (unpaired) electrons. The lowest BCUT2D eigenvalue weighted by Gasteiger charge is -2.26. The van der Waals surface area contributed by atoms with E-state index < -0.39 is 0 Å². The van der Waals surface area contributed by atoms with Gasteiger partial charge in [-0.1, -0.05) is 18.2 Å². The number of carbonyl (C=O) groups is 2. The zero-order valence-electron chi connectivity index (χ0n) is 15.0. The number of carbonyl (C=O) groups excluding carboxylic acids is 2. The second kappa shape index (κ2) is 7.27. The van der Waals surface area contributed by atoms with Crippen LogP contribution in [-0.2, 0) is 9.59 Å². The van der Waals surface area contributed by atoms with Crippen molar-refractivity contribution in [2.24, 2.45) is 0 Å². The fourth-order valence-corrected chi connectivity index (χ4v) is 3.35. The largest absolute Gasteiger partial charge is 0.459 e. The number of para-hydroxylation sites is 1. The molecule has 1 aliphatic heterocycles. The molecule has 134 valence electrons. The molecular formula is C19H25N3O3. The summed E-state index contributed by atoms with van der Waals surface area (Å²) in [7, 11) is 3.51. The van der Waals surface area contributed by atoms with Gasteiger partial charge in [0.1, 0.15) is 11.3 Å². The first-order valence-electron chi connectivity index (χ1n) is 8.69. The molecule has 0 saturated carbocycles. The minimum Gasteiger partial charge on any atom is -0.459 e. The Bertz CT molecular complexity index is 735. The summed E-state index contributed by atoms with van der Waals surface area (Å²) in [6.07, 6.45) is 1.75. The zero-order chi connectivity index (χ0) is 18.0. The Morgan fingerprint density at radius 2 is 2.12 bits per heavy atom. The molecule has 2 atom stereocenters. The monoisotopic (exact) mass is 343 g/mol. The van der Waals surface area contributed by atoms with E-state index in [1.807, 2.05) is 42.2 Å². The quantitative estimate of drug-likeness (QED) is 0.903. The van der Waals surface area contributed by atoms with Crippen LogP contribution >= 0.6 is 0 Å². The third-order valence-corrected chi connectivity index (χ3v) is 4.69. The number of hydrogen-bond donors (Lipinski definition) is 1. The van der Waals surface area contributed by atoms with Crippen LogP contribution in [0.4, 0.5) is 0 Å². The SMILES string of the molecule is CC(NC(=O)CN1CCCC1C(=O)N(C)C)c1cc2ccccc2o1. The van der Waals surface area contributed by atoms with Crippen LogP contribution in [0.3, 0.4) is 0 Å². The maximum atomic E-state index is 12.4. The van der Waals surface area contributed by atoms with Crippen molar-refractivity contribution < 1.29 is 14.0 Å². The lowest BCUT2D eigenvalue weighted by molar-refractivity contribution is -0.134. The molecule has 2 amide bonds. The van der Waals surface area contributed by atoms with Gasteiger partial charge in [-0.3, -0.25) is 14.5 Å². The Morgan fingerprint density at radius 3 is 2.84 bits per heavy atom. The van der Waals surface area contributed by atoms with E-state index in [-0.39, 0.29) is 30.4 Å². The second-order valence-corrected chi connectivity index (χ2v) is 6.84. The van der Waals surface area contributed by atoms with Crippen molar-refractivity contribution in [3.8, 4) is 0 Å². The molecule has 0 bridgehead atoms. The summed E-state index contributed by atoms with van der Waals surface area (Å²) in [6.45, 7) is 2.91. The van der Waals surface area contributed by atoms with Crippen molar-refractivity contribution in [3.05, 3.63) is 36.1 Å². The molecule has 1 fully saturated rings. The van der Waals surface area contributed by atoms with Gasteiger partial charge in [0.2, 0.25) is 11.8 Å². The number of likely N-dealkylation sites (N-methyl/N-ethyl adjacent to an activating group) is 1. The smallest absolute Gasteiger partial charge is 0.239 e. The van der Waals surface area contributed by atoms with E-state index in [4.69, 9.17) is 4.42 Å². The summed E-state index contributed by atoms with van der Waals surface area (Å²) in [6, 6.07) is 9.32. The van der Waals surface area contributed by atoms with Gasteiger partial charge >= 0.3 is 0 Å². The lowest BCUT2D eigenvalue weighted by atomic mass is 10.2. The Morgan fingerprint density at radius 1 is 1.36 bits per heavy atom. The molecule has 6 nitrogen and oxygen atoms in total. The number of hydrogen-bond acceptors (Lipinski definition) is 4. The van der Waals surface area contributed by atoms with Crippen molar-refractivity contribution in [2.75, 3.05) is 27.2 Å². The van der Waals surface area contributed by atoms with E-state index in [1.54, 1.807) is 19.0 Å². The third-order valence-electron chi connectivity index (χ3n) is 4.69. The minimum absolute atomic E-state index is 0.0654. The average molecular weight is 343 g/mol. The summed E-state index contributed by atoms with van der Waals surface area (Å²) in [4.78, 5) is 28.2. The standard InChI is InChI=1S/C19H25N3O3/c1-13(17-11-14-7-4-5-9-16(14)25-17)20-18(23)12-22-10-6-8-15(22)19(24)21(2)3/h4-5,7,9,11,13,15H,6,8,10,12H2,1-3H3,(H,20,23). The summed E-state index contributed by atoms with van der Waals surface area (Å²) in [5.41, 5.74) is 0.815. The third kappa shape index (κ3) is 3.85. The van der Waals surface area contributed by atoms with Gasteiger partial charge in [-0.05, 0) is 38.4 Å². The number of benzene rings is 1. The Kier molecular flexibility index (Phi) is 5.08. The second-order valence-electron chi connectivity index (χ2n) is 6.84. The minimum atomic E-state index is -0.217. The van der Waals surface area contributed by atoms with Gasteiger partial charge in [0, 0.05) is 19.5 Å². The molecule has 1 aromatic carbocycles. The first kappa shape index (κ1) is 17.5. The maximum absolute atomic E-state index is 12.4. The number of likely N-dealkylation sites (tertiary alicyclic amines) is 1. The number of amides is 2. The van der Waals surface area contributed by atoms with E-state index >= 15 is 0 Å². The summed E-state index contributed by atoms with van der Waals surface area (Å²) >= 11 is 0. The van der Waals surface area contributed by atoms with Crippen molar-refractivity contribution in [1.29, 1.82) is 0 Å². The number of nitrogens with one attached hydrogen (secondary N) is 1. The van der Waals surface area contributed by atoms with Crippen molar-refractivity contribution in [1.82, 2.24) is 15.1 Å². The van der Waals surface area contributed by atoms with E-state index in [0.717, 1.165) is 36.1 Å². The normalized spacial score (nSPS) is 19.1. The van der Waals surface area contributed by atoms with Crippen molar-refractivity contribution in [3.63, 3.8) is 0 Å². The summed E-state index contributed by atoms with van der Waals surface area (Å²) in [5.74, 6) is 0.707. The Labute approximate surface area is 147 Å². The molecule has 2 unspecified atom stereocenters. The van der Waals surface area contributed by atoms with Gasteiger partial charge in [-0.2, -0.15) is 0 Å². The van der Waals surface area contributed by atoms with Gasteiger partial charge in [-0.15, -0.1) is 0 Å². The van der Waals surface area contributed by atoms with Crippen LogP contribution in [0, 0.1) is 0 Å². The molecule has 0 spiro atoms. The summed E-state index contributed by atoms with van der Waals surface area (Å²) in [5, 5.41) is 4.00. The van der Waals surface area contributed by atoms with Crippen LogP contribution in [0.25, 0.3) is 11.0 Å². The van der Waals surface area contributed by atoms with Gasteiger partial charge in [0.05, 0.1) is 18.6 Å². The van der Waals surface area contributed by atoms with E-state index in [1.165, 1.54) is 0 Å². The molecule has 25 heavy (non-hydrogen) atoms. The van der Waals surface area contributed by atoms with E-state index in [2.05, 4.69) is 5.32 Å². The van der Waals surface area contributed by atoms with E-state index in [0.29, 0.717) is 0 Å².